The average Bonchev–Trinajstić information content (AvgIpc) is 2.63. The normalized spacial score (nSPS) is 17.8. The molecule has 1 fully saturated rings. The molecule has 1 aliphatic heterocycles. The highest BCUT2D eigenvalue weighted by Gasteiger charge is 2.26. The summed E-state index contributed by atoms with van der Waals surface area (Å²) < 4.78 is 7.16. The van der Waals surface area contributed by atoms with Crippen molar-refractivity contribution in [2.75, 3.05) is 20.3 Å². The summed E-state index contributed by atoms with van der Waals surface area (Å²) in [5, 5.41) is 0.662. The number of methoxy groups -OCH3 is 1. The molecule has 2 heterocycles. The molecule has 5 heteroatoms. The first kappa shape index (κ1) is 17.7. The number of carbonyl (C=O) groups is 1. The van der Waals surface area contributed by atoms with Gasteiger partial charge in [-0.2, -0.15) is 0 Å². The minimum absolute atomic E-state index is 0.00717. The third-order valence-electron chi connectivity index (χ3n) is 5.12. The van der Waals surface area contributed by atoms with Crippen molar-refractivity contribution in [1.29, 1.82) is 0 Å². The summed E-state index contributed by atoms with van der Waals surface area (Å²) in [5.74, 6) is 0.123. The van der Waals surface area contributed by atoms with Crippen LogP contribution in [0, 0.1) is 6.92 Å². The zero-order chi connectivity index (χ0) is 17.8. The number of ether oxygens (including phenoxy) is 1. The first-order valence-electron chi connectivity index (χ1n) is 8.99. The fraction of sp³-hybridized carbons (Fsp3) is 0.500. The van der Waals surface area contributed by atoms with Gasteiger partial charge in [0.2, 0.25) is 5.91 Å². The fourth-order valence-corrected chi connectivity index (χ4v) is 3.77. The van der Waals surface area contributed by atoms with E-state index in [0.717, 1.165) is 43.4 Å². The van der Waals surface area contributed by atoms with Gasteiger partial charge >= 0.3 is 0 Å². The Morgan fingerprint density at radius 3 is 2.88 bits per heavy atom. The van der Waals surface area contributed by atoms with Gasteiger partial charge in [-0.15, -0.1) is 0 Å². The van der Waals surface area contributed by atoms with Crippen LogP contribution >= 0.6 is 0 Å². The first-order chi connectivity index (χ1) is 12.1. The van der Waals surface area contributed by atoms with Crippen LogP contribution in [-0.4, -0.2) is 41.7 Å². The third kappa shape index (κ3) is 3.76. The molecule has 0 radical (unpaired) electrons. The Morgan fingerprint density at radius 2 is 2.08 bits per heavy atom. The minimum atomic E-state index is 0.00717. The number of nitrogens with zero attached hydrogens (tertiary/aromatic N) is 2. The smallest absolute Gasteiger partial charge is 0.242 e. The van der Waals surface area contributed by atoms with Crippen molar-refractivity contribution in [2.24, 2.45) is 0 Å². The summed E-state index contributed by atoms with van der Waals surface area (Å²) in [7, 11) is 1.70. The zero-order valence-electron chi connectivity index (χ0n) is 15.0. The number of fused-ring (bicyclic) bond motifs is 1. The Labute approximate surface area is 148 Å². The number of piperidine rings is 1. The van der Waals surface area contributed by atoms with E-state index < -0.39 is 0 Å². The number of aromatic nitrogens is 1. The predicted octanol–water partition coefficient (Wildman–Crippen LogP) is 2.73. The van der Waals surface area contributed by atoms with Crippen molar-refractivity contribution in [2.45, 2.75) is 45.2 Å². The molecule has 1 aliphatic rings. The Morgan fingerprint density at radius 1 is 1.28 bits per heavy atom. The quantitative estimate of drug-likeness (QED) is 0.839. The molecule has 1 aromatic carbocycles. The lowest BCUT2D eigenvalue weighted by atomic mass is 9.99. The van der Waals surface area contributed by atoms with Crippen LogP contribution in [0.3, 0.4) is 0 Å². The van der Waals surface area contributed by atoms with Crippen LogP contribution in [0.4, 0.5) is 0 Å². The lowest BCUT2D eigenvalue weighted by Gasteiger charge is -2.36. The van der Waals surface area contributed by atoms with Gasteiger partial charge in [-0.25, -0.2) is 0 Å². The van der Waals surface area contributed by atoms with Gasteiger partial charge in [-0.1, -0.05) is 12.1 Å². The van der Waals surface area contributed by atoms with Crippen LogP contribution in [0.25, 0.3) is 10.9 Å². The molecule has 0 saturated carbocycles. The number of para-hydroxylation sites is 1. The van der Waals surface area contributed by atoms with Crippen LogP contribution in [-0.2, 0) is 16.1 Å². The van der Waals surface area contributed by atoms with E-state index in [2.05, 4.69) is 0 Å². The molecule has 134 valence electrons. The average molecular weight is 342 g/mol. The van der Waals surface area contributed by atoms with Gasteiger partial charge in [0.25, 0.3) is 0 Å². The summed E-state index contributed by atoms with van der Waals surface area (Å²) in [4.78, 5) is 27.2. The molecule has 0 aliphatic carbocycles. The van der Waals surface area contributed by atoms with Gasteiger partial charge in [0, 0.05) is 43.4 Å². The molecule has 25 heavy (non-hydrogen) atoms. The molecule has 5 nitrogen and oxygen atoms in total. The summed E-state index contributed by atoms with van der Waals surface area (Å²) in [5.41, 5.74) is 1.65. The summed E-state index contributed by atoms with van der Waals surface area (Å²) in [6, 6.07) is 9.37. The number of carbonyl (C=O) groups excluding carboxylic acids is 1. The summed E-state index contributed by atoms with van der Waals surface area (Å²) >= 11 is 0. The molecule has 0 N–H and O–H groups in total. The first-order valence-corrected chi connectivity index (χ1v) is 8.99. The summed E-state index contributed by atoms with van der Waals surface area (Å²) in [6.45, 7) is 3.65. The maximum atomic E-state index is 13.0. The maximum Gasteiger partial charge on any atom is 0.242 e. The van der Waals surface area contributed by atoms with Gasteiger partial charge < -0.3 is 14.2 Å². The van der Waals surface area contributed by atoms with E-state index >= 15 is 0 Å². The van der Waals surface area contributed by atoms with Gasteiger partial charge in [-0.3, -0.25) is 9.59 Å². The Hall–Kier alpha value is -2.14. The second-order valence-electron chi connectivity index (χ2n) is 6.77. The number of hydrogen-bond acceptors (Lipinski definition) is 3. The maximum absolute atomic E-state index is 13.0. The zero-order valence-corrected chi connectivity index (χ0v) is 15.0. The largest absolute Gasteiger partial charge is 0.385 e. The molecule has 2 aromatic rings. The minimum Gasteiger partial charge on any atom is -0.385 e. The van der Waals surface area contributed by atoms with Crippen LogP contribution in [0.1, 0.15) is 31.4 Å². The van der Waals surface area contributed by atoms with Crippen molar-refractivity contribution in [3.05, 3.63) is 46.2 Å². The van der Waals surface area contributed by atoms with E-state index in [4.69, 9.17) is 4.74 Å². The monoisotopic (exact) mass is 342 g/mol. The van der Waals surface area contributed by atoms with Gasteiger partial charge in [-0.05, 0) is 44.7 Å². The topological polar surface area (TPSA) is 51.5 Å². The molecular formula is C20H26N2O3. The summed E-state index contributed by atoms with van der Waals surface area (Å²) in [6.07, 6.45) is 4.14. The number of rotatable bonds is 5. The Balaban J connectivity index is 1.87. The van der Waals surface area contributed by atoms with E-state index in [-0.39, 0.29) is 23.9 Å². The van der Waals surface area contributed by atoms with Gasteiger partial charge in [0.1, 0.15) is 6.54 Å². The molecule has 0 spiro atoms. The van der Waals surface area contributed by atoms with E-state index in [1.165, 1.54) is 0 Å². The Bertz CT molecular complexity index is 812. The van der Waals surface area contributed by atoms with Crippen molar-refractivity contribution >= 4 is 16.8 Å². The number of hydrogen-bond donors (Lipinski definition) is 0. The molecule has 1 aromatic heterocycles. The SMILES string of the molecule is COCC[C@@H]1CCCCN1C(=O)Cn1c(C)cc(=O)c2ccccc21. The molecule has 3 rings (SSSR count). The molecule has 1 atom stereocenters. The highest BCUT2D eigenvalue weighted by molar-refractivity contribution is 5.83. The van der Waals surface area contributed by atoms with E-state index in [0.29, 0.717) is 12.0 Å². The molecule has 1 saturated heterocycles. The number of pyridine rings is 1. The van der Waals surface area contributed by atoms with Crippen LogP contribution in [0.15, 0.2) is 35.1 Å². The number of aryl methyl sites for hydroxylation is 1. The fourth-order valence-electron chi connectivity index (χ4n) is 3.77. The lowest BCUT2D eigenvalue weighted by Crippen LogP contribution is -2.45. The Kier molecular flexibility index (Phi) is 5.53. The number of benzene rings is 1. The second-order valence-corrected chi connectivity index (χ2v) is 6.77. The van der Waals surface area contributed by atoms with Gasteiger partial charge in [0.15, 0.2) is 5.43 Å². The van der Waals surface area contributed by atoms with Crippen molar-refractivity contribution in [3.63, 3.8) is 0 Å². The highest BCUT2D eigenvalue weighted by atomic mass is 16.5. The van der Waals surface area contributed by atoms with Crippen LogP contribution < -0.4 is 5.43 Å². The van der Waals surface area contributed by atoms with Gasteiger partial charge in [0.05, 0.1) is 5.52 Å². The van der Waals surface area contributed by atoms with Crippen LogP contribution in [0.5, 0.6) is 0 Å². The third-order valence-corrected chi connectivity index (χ3v) is 5.12. The lowest BCUT2D eigenvalue weighted by molar-refractivity contribution is -0.135. The molecule has 0 unspecified atom stereocenters. The van der Waals surface area contributed by atoms with Crippen molar-refractivity contribution < 1.29 is 9.53 Å². The number of likely N-dealkylation sites (tertiary alicyclic amines) is 1. The number of amides is 1. The molecular weight excluding hydrogens is 316 g/mol. The van der Waals surface area contributed by atoms with E-state index in [9.17, 15) is 9.59 Å². The predicted molar refractivity (Wildman–Crippen MR) is 98.8 cm³/mol. The standard InChI is InChI=1S/C20H26N2O3/c1-15-13-19(23)17-8-3-4-9-18(17)22(15)14-20(24)21-11-6-5-7-16(21)10-12-25-2/h3-4,8-9,13,16H,5-7,10-12,14H2,1-2H3/t16-/m0/s1. The highest BCUT2D eigenvalue weighted by Crippen LogP contribution is 2.21. The van der Waals surface area contributed by atoms with Crippen LogP contribution in [0.2, 0.25) is 0 Å². The van der Waals surface area contributed by atoms with E-state index in [1.807, 2.05) is 40.7 Å². The second kappa shape index (κ2) is 7.83. The molecule has 1 amide bonds. The van der Waals surface area contributed by atoms with Crippen molar-refractivity contribution in [3.8, 4) is 0 Å². The van der Waals surface area contributed by atoms with Crippen molar-refractivity contribution in [1.82, 2.24) is 9.47 Å². The van der Waals surface area contributed by atoms with E-state index in [1.54, 1.807) is 13.2 Å². The molecule has 0 bridgehead atoms.